The van der Waals surface area contributed by atoms with Crippen molar-refractivity contribution < 1.29 is 19.4 Å². The van der Waals surface area contributed by atoms with E-state index < -0.39 is 23.2 Å². The topological polar surface area (TPSA) is 66.8 Å². The number of Topliss-reactive ketones (excluding diaryl/α,β-unsaturated/α-hetero) is 1. The van der Waals surface area contributed by atoms with E-state index in [-0.39, 0.29) is 6.42 Å². The van der Waals surface area contributed by atoms with E-state index in [0.717, 1.165) is 24.2 Å². The van der Waals surface area contributed by atoms with E-state index in [2.05, 4.69) is 6.92 Å². The van der Waals surface area contributed by atoms with E-state index in [1.165, 1.54) is 0 Å². The molecule has 0 fully saturated rings. The second kappa shape index (κ2) is 6.93. The number of ether oxygens (including phenoxy) is 1. The molecule has 1 unspecified atom stereocenters. The van der Waals surface area contributed by atoms with Crippen molar-refractivity contribution >= 4 is 17.6 Å². The number of hydrogen-bond donors (Lipinski definition) is 1. The first-order valence-electron chi connectivity index (χ1n) is 8.60. The summed E-state index contributed by atoms with van der Waals surface area (Å²) in [4.78, 5) is 26.6. The fourth-order valence-corrected chi connectivity index (χ4v) is 2.96. The molecule has 0 bridgehead atoms. The minimum absolute atomic E-state index is 0.208. The standard InChI is InChI=1S/C19H27NO4/c1-5-6-7-10-13-19(23)16(21)14-11-8-9-12-15(14)20(19)17(22)24-18(2,3)4/h8-9,11-12,23H,5-7,10,13H2,1-4H3. The van der Waals surface area contributed by atoms with Crippen molar-refractivity contribution in [2.45, 2.75) is 71.1 Å². The van der Waals surface area contributed by atoms with E-state index in [4.69, 9.17) is 4.74 Å². The first kappa shape index (κ1) is 18.5. The van der Waals surface area contributed by atoms with Gasteiger partial charge in [0.2, 0.25) is 11.5 Å². The molecule has 5 nitrogen and oxygen atoms in total. The molecule has 1 aromatic carbocycles. The maximum Gasteiger partial charge on any atom is 0.417 e. The average Bonchev–Trinajstić information content (AvgIpc) is 2.71. The molecule has 2 rings (SSSR count). The second-order valence-corrected chi connectivity index (χ2v) is 7.29. The number of rotatable bonds is 5. The van der Waals surface area contributed by atoms with Crippen LogP contribution in [0, 0.1) is 0 Å². The highest BCUT2D eigenvalue weighted by atomic mass is 16.6. The lowest BCUT2D eigenvalue weighted by atomic mass is 9.98. The van der Waals surface area contributed by atoms with Crippen molar-refractivity contribution in [1.82, 2.24) is 0 Å². The summed E-state index contributed by atoms with van der Waals surface area (Å²) >= 11 is 0. The Morgan fingerprint density at radius 3 is 2.50 bits per heavy atom. The van der Waals surface area contributed by atoms with Crippen molar-refractivity contribution in [2.24, 2.45) is 0 Å². The Bertz CT molecular complexity index is 620. The first-order chi connectivity index (χ1) is 11.2. The Balaban J connectivity index is 2.33. The predicted octanol–water partition coefficient (Wildman–Crippen LogP) is 4.28. The lowest BCUT2D eigenvalue weighted by molar-refractivity contribution is 0.0130. The predicted molar refractivity (Wildman–Crippen MR) is 93.2 cm³/mol. The van der Waals surface area contributed by atoms with Gasteiger partial charge < -0.3 is 9.84 Å². The van der Waals surface area contributed by atoms with Gasteiger partial charge in [0.1, 0.15) is 5.60 Å². The van der Waals surface area contributed by atoms with Gasteiger partial charge in [-0.2, -0.15) is 0 Å². The molecule has 0 spiro atoms. The third-order valence-electron chi connectivity index (χ3n) is 4.08. The van der Waals surface area contributed by atoms with Gasteiger partial charge in [0.05, 0.1) is 5.69 Å². The largest absolute Gasteiger partial charge is 0.443 e. The smallest absolute Gasteiger partial charge is 0.417 e. The van der Waals surface area contributed by atoms with Crippen LogP contribution in [0.2, 0.25) is 0 Å². The van der Waals surface area contributed by atoms with Gasteiger partial charge in [0.25, 0.3) is 0 Å². The van der Waals surface area contributed by atoms with Gasteiger partial charge in [-0.1, -0.05) is 38.3 Å². The van der Waals surface area contributed by atoms with Crippen LogP contribution in [0.5, 0.6) is 0 Å². The average molecular weight is 333 g/mol. The van der Waals surface area contributed by atoms with Crippen LogP contribution in [0.15, 0.2) is 24.3 Å². The minimum Gasteiger partial charge on any atom is -0.443 e. The molecule has 1 aliphatic rings. The monoisotopic (exact) mass is 333 g/mol. The molecule has 1 atom stereocenters. The van der Waals surface area contributed by atoms with E-state index in [1.807, 2.05) is 0 Å². The highest BCUT2D eigenvalue weighted by molar-refractivity contribution is 6.18. The number of anilines is 1. The summed E-state index contributed by atoms with van der Waals surface area (Å²) in [5.74, 6) is -0.430. The number of ketones is 1. The number of para-hydroxylation sites is 1. The van der Waals surface area contributed by atoms with Gasteiger partial charge in [-0.25, -0.2) is 9.69 Å². The molecule has 0 saturated carbocycles. The third kappa shape index (κ3) is 3.61. The molecule has 5 heteroatoms. The van der Waals surface area contributed by atoms with Crippen LogP contribution >= 0.6 is 0 Å². The summed E-state index contributed by atoms with van der Waals surface area (Å²) in [6.07, 6.45) is 3.18. The quantitative estimate of drug-likeness (QED) is 0.817. The van der Waals surface area contributed by atoms with Crippen molar-refractivity contribution in [3.05, 3.63) is 29.8 Å². The summed E-state index contributed by atoms with van der Waals surface area (Å²) in [6.45, 7) is 7.37. The van der Waals surface area contributed by atoms with E-state index in [1.54, 1.807) is 45.0 Å². The number of carbonyl (C=O) groups is 2. The summed E-state index contributed by atoms with van der Waals surface area (Å²) in [5.41, 5.74) is -1.79. The van der Waals surface area contributed by atoms with Crippen molar-refractivity contribution in [2.75, 3.05) is 4.90 Å². The first-order valence-corrected chi connectivity index (χ1v) is 8.60. The SMILES string of the molecule is CCCCCCC1(O)C(=O)c2ccccc2N1C(=O)OC(C)(C)C. The number of amides is 1. The molecule has 1 aliphatic heterocycles. The molecule has 1 aromatic rings. The Kier molecular flexibility index (Phi) is 5.33. The molecule has 0 aromatic heterocycles. The maximum absolute atomic E-state index is 12.8. The van der Waals surface area contributed by atoms with Crippen LogP contribution in [0.4, 0.5) is 10.5 Å². The van der Waals surface area contributed by atoms with Crippen LogP contribution in [-0.2, 0) is 4.74 Å². The van der Waals surface area contributed by atoms with E-state index in [0.29, 0.717) is 17.7 Å². The normalized spacial score (nSPS) is 20.2. The number of hydrogen-bond acceptors (Lipinski definition) is 4. The lowest BCUT2D eigenvalue weighted by Crippen LogP contribution is -2.54. The van der Waals surface area contributed by atoms with Crippen LogP contribution in [0.25, 0.3) is 0 Å². The number of unbranched alkanes of at least 4 members (excludes halogenated alkanes) is 3. The van der Waals surface area contributed by atoms with E-state index in [9.17, 15) is 14.7 Å². The summed E-state index contributed by atoms with van der Waals surface area (Å²) in [6, 6.07) is 6.78. The summed E-state index contributed by atoms with van der Waals surface area (Å²) < 4.78 is 5.42. The Labute approximate surface area is 143 Å². The zero-order valence-electron chi connectivity index (χ0n) is 15.0. The number of carbonyl (C=O) groups excluding carboxylic acids is 2. The zero-order chi connectivity index (χ0) is 18.0. The van der Waals surface area contributed by atoms with Crippen LogP contribution in [-0.4, -0.2) is 28.3 Å². The molecular formula is C19H27NO4. The Hall–Kier alpha value is -1.88. The van der Waals surface area contributed by atoms with Crippen molar-refractivity contribution in [3.63, 3.8) is 0 Å². The van der Waals surface area contributed by atoms with Gasteiger partial charge in [-0.3, -0.25) is 4.79 Å². The zero-order valence-corrected chi connectivity index (χ0v) is 15.0. The van der Waals surface area contributed by atoms with Gasteiger partial charge in [-0.15, -0.1) is 0 Å². The molecule has 1 amide bonds. The highest BCUT2D eigenvalue weighted by Gasteiger charge is 2.53. The van der Waals surface area contributed by atoms with Gasteiger partial charge in [0.15, 0.2) is 0 Å². The van der Waals surface area contributed by atoms with Crippen molar-refractivity contribution in [3.8, 4) is 0 Å². The maximum atomic E-state index is 12.8. The van der Waals surface area contributed by atoms with Crippen molar-refractivity contribution in [1.29, 1.82) is 0 Å². The minimum atomic E-state index is -1.86. The Morgan fingerprint density at radius 1 is 1.21 bits per heavy atom. The highest BCUT2D eigenvalue weighted by Crippen LogP contribution is 2.41. The van der Waals surface area contributed by atoms with Gasteiger partial charge >= 0.3 is 6.09 Å². The number of aliphatic hydroxyl groups is 1. The molecule has 0 saturated heterocycles. The van der Waals surface area contributed by atoms with Gasteiger partial charge in [0, 0.05) is 12.0 Å². The molecule has 132 valence electrons. The summed E-state index contributed by atoms with van der Waals surface area (Å²) in [7, 11) is 0. The molecule has 1 heterocycles. The molecule has 24 heavy (non-hydrogen) atoms. The third-order valence-corrected chi connectivity index (χ3v) is 4.08. The van der Waals surface area contributed by atoms with Crippen LogP contribution in [0.1, 0.15) is 70.2 Å². The fourth-order valence-electron chi connectivity index (χ4n) is 2.96. The lowest BCUT2D eigenvalue weighted by Gasteiger charge is -2.34. The number of fused-ring (bicyclic) bond motifs is 1. The van der Waals surface area contributed by atoms with Crippen LogP contribution < -0.4 is 4.90 Å². The van der Waals surface area contributed by atoms with Crippen LogP contribution in [0.3, 0.4) is 0 Å². The number of benzene rings is 1. The summed E-state index contributed by atoms with van der Waals surface area (Å²) in [5, 5.41) is 11.1. The second-order valence-electron chi connectivity index (χ2n) is 7.29. The van der Waals surface area contributed by atoms with E-state index >= 15 is 0 Å². The fraction of sp³-hybridized carbons (Fsp3) is 0.579. The van der Waals surface area contributed by atoms with Gasteiger partial charge in [-0.05, 0) is 39.3 Å². The molecule has 1 N–H and O–H groups in total. The molecular weight excluding hydrogens is 306 g/mol. The molecule has 0 aliphatic carbocycles. The Morgan fingerprint density at radius 2 is 1.88 bits per heavy atom. The number of nitrogens with zero attached hydrogens (tertiary/aromatic N) is 1. The molecule has 0 radical (unpaired) electrons.